The Morgan fingerprint density at radius 3 is 1.62 bits per heavy atom. The molecule has 0 unspecified atom stereocenters. The van der Waals surface area contributed by atoms with Gasteiger partial charge in [-0.2, -0.15) is 0 Å². The molecule has 2 rings (SSSR count). The maximum Gasteiger partial charge on any atom is 0.131 e. The second-order valence-electron chi connectivity index (χ2n) is 8.55. The number of hydrogen-bond donors (Lipinski definition) is 0. The Balaban J connectivity index is 1.76. The van der Waals surface area contributed by atoms with Crippen molar-refractivity contribution < 1.29 is 4.39 Å². The Labute approximate surface area is 178 Å². The summed E-state index contributed by atoms with van der Waals surface area (Å²) in [5, 5.41) is 0. The molecule has 2 aromatic rings. The fourth-order valence-electron chi connectivity index (χ4n) is 4.02. The van der Waals surface area contributed by atoms with Crippen LogP contribution in [0, 0.1) is 5.82 Å². The number of unbranched alkanes of at least 4 members (excludes halogenated alkanes) is 10. The van der Waals surface area contributed by atoms with E-state index in [1.165, 1.54) is 76.2 Å². The lowest BCUT2D eigenvalue weighted by molar-refractivity contribution is 0.575. The van der Waals surface area contributed by atoms with Gasteiger partial charge in [0.05, 0.1) is 0 Å². The summed E-state index contributed by atoms with van der Waals surface area (Å²) in [5.41, 5.74) is 4.20. The predicted molar refractivity (Wildman–Crippen MR) is 126 cm³/mol. The van der Waals surface area contributed by atoms with E-state index in [1.54, 1.807) is 6.07 Å². The molecule has 29 heavy (non-hydrogen) atoms. The van der Waals surface area contributed by atoms with Crippen LogP contribution in [0.2, 0.25) is 0 Å². The first-order valence-corrected chi connectivity index (χ1v) is 12.1. The SMILES string of the molecule is CCCCCCCCCCc1ccc(-c2ccc(CCCCCC)cc2F)cc1. The molecule has 0 fully saturated rings. The van der Waals surface area contributed by atoms with Crippen molar-refractivity contribution in [2.24, 2.45) is 0 Å². The van der Waals surface area contributed by atoms with Gasteiger partial charge in [0.2, 0.25) is 0 Å². The molecule has 160 valence electrons. The van der Waals surface area contributed by atoms with Gasteiger partial charge in [-0.3, -0.25) is 0 Å². The topological polar surface area (TPSA) is 0 Å². The lowest BCUT2D eigenvalue weighted by Gasteiger charge is -2.08. The van der Waals surface area contributed by atoms with Crippen LogP contribution in [0.5, 0.6) is 0 Å². The van der Waals surface area contributed by atoms with Gasteiger partial charge in [-0.1, -0.05) is 114 Å². The highest BCUT2D eigenvalue weighted by Gasteiger charge is 2.07. The molecule has 0 spiro atoms. The zero-order valence-electron chi connectivity index (χ0n) is 18.8. The van der Waals surface area contributed by atoms with Gasteiger partial charge in [0.15, 0.2) is 0 Å². The molecule has 0 N–H and O–H groups in total. The minimum absolute atomic E-state index is 0.0891. The molecule has 0 nitrogen and oxygen atoms in total. The highest BCUT2D eigenvalue weighted by atomic mass is 19.1. The van der Waals surface area contributed by atoms with E-state index in [-0.39, 0.29) is 5.82 Å². The first-order chi connectivity index (χ1) is 14.2. The summed E-state index contributed by atoms with van der Waals surface area (Å²) >= 11 is 0. The molecule has 2 aromatic carbocycles. The Kier molecular flexibility index (Phi) is 11.7. The highest BCUT2D eigenvalue weighted by Crippen LogP contribution is 2.25. The van der Waals surface area contributed by atoms with Crippen LogP contribution in [0.25, 0.3) is 11.1 Å². The third-order valence-corrected chi connectivity index (χ3v) is 5.94. The van der Waals surface area contributed by atoms with Crippen molar-refractivity contribution >= 4 is 0 Å². The van der Waals surface area contributed by atoms with Gasteiger partial charge in [0, 0.05) is 5.56 Å². The summed E-state index contributed by atoms with van der Waals surface area (Å²) in [6, 6.07) is 14.3. The highest BCUT2D eigenvalue weighted by molar-refractivity contribution is 5.64. The summed E-state index contributed by atoms with van der Waals surface area (Å²) in [4.78, 5) is 0. The van der Waals surface area contributed by atoms with Crippen LogP contribution < -0.4 is 0 Å². The third kappa shape index (κ3) is 9.15. The lowest BCUT2D eigenvalue weighted by Crippen LogP contribution is -1.91. The maximum absolute atomic E-state index is 14.6. The summed E-state index contributed by atoms with van der Waals surface area (Å²) < 4.78 is 14.6. The summed E-state index contributed by atoms with van der Waals surface area (Å²) in [5.74, 6) is -0.0891. The Morgan fingerprint density at radius 2 is 1.03 bits per heavy atom. The first kappa shape index (κ1) is 23.6. The van der Waals surface area contributed by atoms with Crippen LogP contribution in [-0.2, 0) is 12.8 Å². The number of benzene rings is 2. The number of hydrogen-bond acceptors (Lipinski definition) is 0. The second kappa shape index (κ2) is 14.4. The van der Waals surface area contributed by atoms with Gasteiger partial charge in [-0.05, 0) is 48.4 Å². The molecule has 0 aromatic heterocycles. The quantitative estimate of drug-likeness (QED) is 0.263. The molecule has 0 heterocycles. The fourth-order valence-corrected chi connectivity index (χ4v) is 4.02. The average molecular weight is 397 g/mol. The fraction of sp³-hybridized carbons (Fsp3) is 0.571. The van der Waals surface area contributed by atoms with Gasteiger partial charge in [-0.25, -0.2) is 4.39 Å². The Bertz CT molecular complexity index is 671. The molecule has 0 radical (unpaired) electrons. The normalized spacial score (nSPS) is 11.1. The zero-order chi connectivity index (χ0) is 20.7. The first-order valence-electron chi connectivity index (χ1n) is 12.1. The molecular formula is C28H41F. The van der Waals surface area contributed by atoms with Crippen molar-refractivity contribution in [2.75, 3.05) is 0 Å². The van der Waals surface area contributed by atoms with Gasteiger partial charge in [0.1, 0.15) is 5.82 Å². The maximum atomic E-state index is 14.6. The van der Waals surface area contributed by atoms with Crippen molar-refractivity contribution in [1.82, 2.24) is 0 Å². The summed E-state index contributed by atoms with van der Waals surface area (Å²) in [7, 11) is 0. The molecule has 0 aliphatic rings. The molecule has 0 aliphatic heterocycles. The smallest absolute Gasteiger partial charge is 0.131 e. The Morgan fingerprint density at radius 1 is 0.552 bits per heavy atom. The van der Waals surface area contributed by atoms with E-state index in [0.29, 0.717) is 0 Å². The standard InChI is InChI=1S/C28H41F/c1-3-5-7-9-10-11-12-14-15-24-17-20-26(21-18-24)27-22-19-25(23-28(27)29)16-13-8-6-4-2/h17-23H,3-16H2,1-2H3. The van der Waals surface area contributed by atoms with E-state index in [4.69, 9.17) is 0 Å². The van der Waals surface area contributed by atoms with Crippen molar-refractivity contribution in [3.05, 3.63) is 59.4 Å². The lowest BCUT2D eigenvalue weighted by atomic mass is 9.98. The molecular weight excluding hydrogens is 355 g/mol. The van der Waals surface area contributed by atoms with Crippen LogP contribution in [-0.4, -0.2) is 0 Å². The van der Waals surface area contributed by atoms with E-state index in [2.05, 4.69) is 44.2 Å². The van der Waals surface area contributed by atoms with Crippen molar-refractivity contribution in [3.63, 3.8) is 0 Å². The van der Waals surface area contributed by atoms with Crippen molar-refractivity contribution in [3.8, 4) is 11.1 Å². The minimum atomic E-state index is -0.0891. The summed E-state index contributed by atoms with van der Waals surface area (Å²) in [6.07, 6.45) is 17.8. The summed E-state index contributed by atoms with van der Waals surface area (Å²) in [6.45, 7) is 4.49. The van der Waals surface area contributed by atoms with Gasteiger partial charge >= 0.3 is 0 Å². The molecule has 0 saturated heterocycles. The third-order valence-electron chi connectivity index (χ3n) is 5.94. The zero-order valence-corrected chi connectivity index (χ0v) is 18.8. The molecule has 1 heteroatoms. The molecule has 0 atom stereocenters. The van der Waals surface area contributed by atoms with Crippen molar-refractivity contribution in [1.29, 1.82) is 0 Å². The van der Waals surface area contributed by atoms with Crippen LogP contribution in [0.15, 0.2) is 42.5 Å². The van der Waals surface area contributed by atoms with Crippen molar-refractivity contribution in [2.45, 2.75) is 104 Å². The van der Waals surface area contributed by atoms with E-state index < -0.39 is 0 Å². The minimum Gasteiger partial charge on any atom is -0.206 e. The average Bonchev–Trinajstić information content (AvgIpc) is 2.74. The van der Waals surface area contributed by atoms with Gasteiger partial charge in [0.25, 0.3) is 0 Å². The van der Waals surface area contributed by atoms with E-state index >= 15 is 0 Å². The van der Waals surface area contributed by atoms with E-state index in [9.17, 15) is 4.39 Å². The second-order valence-corrected chi connectivity index (χ2v) is 8.55. The largest absolute Gasteiger partial charge is 0.206 e. The van der Waals surface area contributed by atoms with E-state index in [0.717, 1.165) is 36.0 Å². The van der Waals surface area contributed by atoms with E-state index in [1.807, 2.05) is 6.07 Å². The van der Waals surface area contributed by atoms with Gasteiger partial charge in [-0.15, -0.1) is 0 Å². The monoisotopic (exact) mass is 396 g/mol. The molecule has 0 bridgehead atoms. The number of rotatable bonds is 15. The molecule has 0 aliphatic carbocycles. The van der Waals surface area contributed by atoms with Crippen LogP contribution in [0.4, 0.5) is 4.39 Å². The Hall–Kier alpha value is -1.63. The predicted octanol–water partition coefficient (Wildman–Crippen LogP) is 9.30. The number of halogens is 1. The van der Waals surface area contributed by atoms with Gasteiger partial charge < -0.3 is 0 Å². The van der Waals surface area contributed by atoms with Crippen LogP contribution >= 0.6 is 0 Å². The molecule has 0 amide bonds. The molecule has 0 saturated carbocycles. The van der Waals surface area contributed by atoms with Crippen LogP contribution in [0.3, 0.4) is 0 Å². The van der Waals surface area contributed by atoms with Crippen LogP contribution in [0.1, 0.15) is 102 Å². The number of aryl methyl sites for hydroxylation is 2.